The Balaban J connectivity index is 2.26. The summed E-state index contributed by atoms with van der Waals surface area (Å²) in [6, 6.07) is 11.7. The average molecular weight is 390 g/mol. The molecule has 1 atom stereocenters. The molecule has 1 heterocycles. The SMILES string of the molecule is CCCc1ccc2c(c1)N(C(CC)S(=O)(=O)O)c1c(CCC)cccc1O2. The Morgan fingerprint density at radius 3 is 2.41 bits per heavy atom. The number of anilines is 2. The van der Waals surface area contributed by atoms with Crippen LogP contribution >= 0.6 is 0 Å². The number of nitrogens with zero attached hydrogens (tertiary/aromatic N) is 1. The minimum atomic E-state index is -4.29. The fourth-order valence-corrected chi connectivity index (χ4v) is 4.65. The van der Waals surface area contributed by atoms with Gasteiger partial charge >= 0.3 is 0 Å². The van der Waals surface area contributed by atoms with Gasteiger partial charge in [-0.1, -0.05) is 51.8 Å². The van der Waals surface area contributed by atoms with Gasteiger partial charge in [0.1, 0.15) is 0 Å². The largest absolute Gasteiger partial charge is 0.453 e. The van der Waals surface area contributed by atoms with Crippen molar-refractivity contribution in [2.45, 2.75) is 58.2 Å². The van der Waals surface area contributed by atoms with E-state index in [-0.39, 0.29) is 6.42 Å². The van der Waals surface area contributed by atoms with Crippen molar-refractivity contribution in [1.29, 1.82) is 0 Å². The molecule has 27 heavy (non-hydrogen) atoms. The smallest absolute Gasteiger partial charge is 0.286 e. The summed E-state index contributed by atoms with van der Waals surface area (Å²) < 4.78 is 40.5. The maximum absolute atomic E-state index is 12.2. The van der Waals surface area contributed by atoms with Crippen molar-refractivity contribution in [2.24, 2.45) is 0 Å². The Kier molecular flexibility index (Phi) is 5.77. The molecule has 2 aromatic carbocycles. The molecule has 0 saturated heterocycles. The Hall–Kier alpha value is -2.05. The fourth-order valence-electron chi connectivity index (χ4n) is 3.74. The molecule has 6 heteroatoms. The molecule has 0 spiro atoms. The number of hydrogen-bond acceptors (Lipinski definition) is 4. The number of para-hydroxylation sites is 1. The Morgan fingerprint density at radius 2 is 1.78 bits per heavy atom. The van der Waals surface area contributed by atoms with Crippen LogP contribution in [-0.4, -0.2) is 18.3 Å². The molecule has 0 amide bonds. The van der Waals surface area contributed by atoms with Gasteiger partial charge in [0.25, 0.3) is 10.1 Å². The first-order valence-electron chi connectivity index (χ1n) is 9.58. The molecule has 1 unspecified atom stereocenters. The van der Waals surface area contributed by atoms with Crippen LogP contribution in [0.1, 0.15) is 51.2 Å². The molecule has 0 bridgehead atoms. The van der Waals surface area contributed by atoms with Gasteiger partial charge in [-0.15, -0.1) is 0 Å². The monoisotopic (exact) mass is 389 g/mol. The van der Waals surface area contributed by atoms with Crippen LogP contribution in [0, 0.1) is 0 Å². The van der Waals surface area contributed by atoms with Gasteiger partial charge in [0.15, 0.2) is 16.9 Å². The average Bonchev–Trinajstić information content (AvgIpc) is 2.61. The molecule has 3 rings (SSSR count). The van der Waals surface area contributed by atoms with Gasteiger partial charge in [-0.2, -0.15) is 8.42 Å². The molecule has 1 aliphatic heterocycles. The first-order chi connectivity index (χ1) is 12.9. The van der Waals surface area contributed by atoms with Crippen LogP contribution in [0.5, 0.6) is 11.5 Å². The molecule has 0 radical (unpaired) electrons. The quantitative estimate of drug-likeness (QED) is 0.637. The van der Waals surface area contributed by atoms with Crippen LogP contribution in [0.25, 0.3) is 0 Å². The van der Waals surface area contributed by atoms with Gasteiger partial charge in [-0.05, 0) is 48.6 Å². The molecule has 1 N–H and O–H groups in total. The predicted molar refractivity (Wildman–Crippen MR) is 109 cm³/mol. The highest BCUT2D eigenvalue weighted by molar-refractivity contribution is 7.86. The van der Waals surface area contributed by atoms with Crippen LogP contribution in [0.4, 0.5) is 11.4 Å². The van der Waals surface area contributed by atoms with Crippen molar-refractivity contribution >= 4 is 21.5 Å². The molecule has 0 aliphatic carbocycles. The maximum atomic E-state index is 12.2. The fraction of sp³-hybridized carbons (Fsp3) is 0.429. The molecular weight excluding hydrogens is 362 g/mol. The summed E-state index contributed by atoms with van der Waals surface area (Å²) >= 11 is 0. The van der Waals surface area contributed by atoms with Crippen molar-refractivity contribution < 1.29 is 17.7 Å². The van der Waals surface area contributed by atoms with Gasteiger partial charge < -0.3 is 9.64 Å². The first-order valence-corrected chi connectivity index (χ1v) is 11.1. The zero-order valence-corrected chi connectivity index (χ0v) is 16.9. The zero-order valence-electron chi connectivity index (χ0n) is 16.1. The second-order valence-electron chi connectivity index (χ2n) is 6.92. The summed E-state index contributed by atoms with van der Waals surface area (Å²) in [5, 5.41) is -1.06. The van der Waals surface area contributed by atoms with Crippen molar-refractivity contribution in [3.05, 3.63) is 47.5 Å². The summed E-state index contributed by atoms with van der Waals surface area (Å²) in [4.78, 5) is 1.76. The van der Waals surface area contributed by atoms with E-state index in [4.69, 9.17) is 4.74 Å². The van der Waals surface area contributed by atoms with E-state index in [2.05, 4.69) is 13.8 Å². The molecular formula is C21H27NO4S. The van der Waals surface area contributed by atoms with Crippen molar-refractivity contribution in [3.8, 4) is 11.5 Å². The molecule has 0 fully saturated rings. The summed E-state index contributed by atoms with van der Waals surface area (Å²) in [5.41, 5.74) is 3.57. The minimum Gasteiger partial charge on any atom is -0.453 e. The lowest BCUT2D eigenvalue weighted by Crippen LogP contribution is -2.39. The van der Waals surface area contributed by atoms with Gasteiger partial charge in [0, 0.05) is 0 Å². The summed E-state index contributed by atoms with van der Waals surface area (Å²) in [6.07, 6.45) is 3.88. The molecule has 0 saturated carbocycles. The molecule has 2 aromatic rings. The van der Waals surface area contributed by atoms with Crippen molar-refractivity contribution in [3.63, 3.8) is 0 Å². The van der Waals surface area contributed by atoms with Crippen LogP contribution < -0.4 is 9.64 Å². The number of ether oxygens (including phenoxy) is 1. The van der Waals surface area contributed by atoms with Gasteiger partial charge in [0.2, 0.25) is 0 Å². The van der Waals surface area contributed by atoms with Gasteiger partial charge in [0.05, 0.1) is 11.4 Å². The van der Waals surface area contributed by atoms with E-state index in [1.165, 1.54) is 0 Å². The van der Waals surface area contributed by atoms with Crippen LogP contribution in [0.2, 0.25) is 0 Å². The van der Waals surface area contributed by atoms with E-state index in [1.54, 1.807) is 11.8 Å². The standard InChI is InChI=1S/C21H27NO4S/c1-4-8-15-12-13-18-17(14-15)22(20(6-3)27(23,24)25)21-16(9-5-2)10-7-11-19(21)26-18/h7,10-14,20H,4-6,8-9H2,1-3H3,(H,23,24,25). The highest BCUT2D eigenvalue weighted by atomic mass is 32.2. The third-order valence-electron chi connectivity index (χ3n) is 4.87. The van der Waals surface area contributed by atoms with E-state index in [9.17, 15) is 13.0 Å². The maximum Gasteiger partial charge on any atom is 0.286 e. The second kappa shape index (κ2) is 7.90. The number of hydrogen-bond donors (Lipinski definition) is 1. The number of aryl methyl sites for hydroxylation is 2. The lowest BCUT2D eigenvalue weighted by molar-refractivity contribution is 0.451. The molecule has 0 aromatic heterocycles. The highest BCUT2D eigenvalue weighted by Gasteiger charge is 2.37. The van der Waals surface area contributed by atoms with Crippen LogP contribution in [0.3, 0.4) is 0 Å². The van der Waals surface area contributed by atoms with Crippen molar-refractivity contribution in [2.75, 3.05) is 4.90 Å². The number of benzene rings is 2. The van der Waals surface area contributed by atoms with Crippen molar-refractivity contribution in [1.82, 2.24) is 0 Å². The van der Waals surface area contributed by atoms with E-state index in [1.807, 2.05) is 36.4 Å². The van der Waals surface area contributed by atoms with Gasteiger partial charge in [-0.3, -0.25) is 4.55 Å². The van der Waals surface area contributed by atoms with Crippen LogP contribution in [-0.2, 0) is 23.0 Å². The predicted octanol–water partition coefficient (Wildman–Crippen LogP) is 5.46. The third kappa shape index (κ3) is 3.82. The normalized spacial score (nSPS) is 14.3. The second-order valence-corrected chi connectivity index (χ2v) is 8.49. The Morgan fingerprint density at radius 1 is 1.04 bits per heavy atom. The highest BCUT2D eigenvalue weighted by Crippen LogP contribution is 2.50. The Bertz CT molecular complexity index is 924. The van der Waals surface area contributed by atoms with E-state index in [0.717, 1.165) is 42.5 Å². The minimum absolute atomic E-state index is 0.260. The lowest BCUT2D eigenvalue weighted by Gasteiger charge is -2.38. The molecule has 146 valence electrons. The topological polar surface area (TPSA) is 66.8 Å². The van der Waals surface area contributed by atoms with Crippen LogP contribution in [0.15, 0.2) is 36.4 Å². The first kappa shape index (κ1) is 19.7. The van der Waals surface area contributed by atoms with Gasteiger partial charge in [-0.25, -0.2) is 0 Å². The third-order valence-corrected chi connectivity index (χ3v) is 6.10. The summed E-state index contributed by atoms with van der Waals surface area (Å²) in [6.45, 7) is 5.96. The van der Waals surface area contributed by atoms with E-state index < -0.39 is 15.5 Å². The summed E-state index contributed by atoms with van der Waals surface area (Å²) in [7, 11) is -4.29. The summed E-state index contributed by atoms with van der Waals surface area (Å²) in [5.74, 6) is 1.23. The lowest BCUT2D eigenvalue weighted by atomic mass is 10.0. The molecule has 5 nitrogen and oxygen atoms in total. The van der Waals surface area contributed by atoms with E-state index in [0.29, 0.717) is 17.2 Å². The van der Waals surface area contributed by atoms with E-state index >= 15 is 0 Å². The zero-order chi connectivity index (χ0) is 19.6. The number of fused-ring (bicyclic) bond motifs is 2. The Labute approximate surface area is 161 Å². The number of rotatable bonds is 7. The molecule has 1 aliphatic rings.